The largest absolute Gasteiger partial charge is 0.478 e. The summed E-state index contributed by atoms with van der Waals surface area (Å²) < 4.78 is 4.25. The molecule has 35 heavy (non-hydrogen) atoms. The number of rotatable bonds is 4. The molecule has 0 fully saturated rings. The van der Waals surface area contributed by atoms with Crippen molar-refractivity contribution in [1.82, 2.24) is 14.2 Å². The second-order valence-electron chi connectivity index (χ2n) is 9.68. The highest BCUT2D eigenvalue weighted by Gasteiger charge is 2.23. The Hall–Kier alpha value is -3.52. The third kappa shape index (κ3) is 4.58. The van der Waals surface area contributed by atoms with E-state index in [0.29, 0.717) is 16.7 Å². The van der Waals surface area contributed by atoms with Crippen LogP contribution in [0.2, 0.25) is 0 Å². The van der Waals surface area contributed by atoms with E-state index >= 15 is 0 Å². The van der Waals surface area contributed by atoms with Crippen LogP contribution in [0, 0.1) is 20.8 Å². The van der Waals surface area contributed by atoms with Crippen molar-refractivity contribution in [2.45, 2.75) is 47.0 Å². The molecule has 1 N–H and O–H groups in total. The third-order valence-electron chi connectivity index (χ3n) is 5.95. The molecule has 7 nitrogen and oxygen atoms in total. The molecule has 2 aromatic carbocycles. The van der Waals surface area contributed by atoms with E-state index in [0.717, 1.165) is 32.7 Å². The summed E-state index contributed by atoms with van der Waals surface area (Å²) in [6, 6.07) is 12.5. The first kappa shape index (κ1) is 24.6. The molecular weight excluding hydrogens is 508 g/mol. The zero-order chi connectivity index (χ0) is 25.7. The highest BCUT2D eigenvalue weighted by atomic mass is 79.9. The van der Waals surface area contributed by atoms with Gasteiger partial charge in [-0.3, -0.25) is 4.79 Å². The van der Waals surface area contributed by atoms with Crippen LogP contribution in [-0.4, -0.2) is 31.5 Å². The van der Waals surface area contributed by atoms with Gasteiger partial charge in [-0.15, -0.1) is 0 Å². The van der Waals surface area contributed by atoms with E-state index in [-0.39, 0.29) is 11.1 Å². The highest BCUT2D eigenvalue weighted by Crippen LogP contribution is 2.25. The quantitative estimate of drug-likeness (QED) is 0.337. The van der Waals surface area contributed by atoms with Crippen LogP contribution in [0.15, 0.2) is 56.8 Å². The van der Waals surface area contributed by atoms with Gasteiger partial charge < -0.3 is 9.67 Å². The SMILES string of the molecule is Cc1cc(C(=O)O)ccc1-n1c(C)cc(C=Nn2c(C(C)(C)C)nc3ccc(Br)cc3c2=O)c1C. The molecule has 4 rings (SSSR count). The van der Waals surface area contributed by atoms with Crippen LogP contribution in [0.5, 0.6) is 0 Å². The third-order valence-corrected chi connectivity index (χ3v) is 6.44. The molecule has 2 aromatic heterocycles. The number of aromatic carboxylic acids is 1. The molecular formula is C27H27BrN4O3. The van der Waals surface area contributed by atoms with Gasteiger partial charge in [-0.1, -0.05) is 36.7 Å². The van der Waals surface area contributed by atoms with E-state index < -0.39 is 11.4 Å². The number of halogens is 1. The first-order valence-corrected chi connectivity index (χ1v) is 12.0. The van der Waals surface area contributed by atoms with Crippen molar-refractivity contribution in [1.29, 1.82) is 0 Å². The zero-order valence-corrected chi connectivity index (χ0v) is 22.1. The molecule has 0 amide bonds. The molecule has 2 heterocycles. The Morgan fingerprint density at radius 2 is 1.80 bits per heavy atom. The maximum atomic E-state index is 13.4. The number of carboxylic acids is 1. The maximum Gasteiger partial charge on any atom is 0.335 e. The van der Waals surface area contributed by atoms with Gasteiger partial charge >= 0.3 is 5.97 Å². The van der Waals surface area contributed by atoms with E-state index in [1.807, 2.05) is 65.8 Å². The van der Waals surface area contributed by atoms with Gasteiger partial charge in [-0.05, 0) is 68.8 Å². The molecule has 8 heteroatoms. The van der Waals surface area contributed by atoms with Gasteiger partial charge in [0.2, 0.25) is 0 Å². The summed E-state index contributed by atoms with van der Waals surface area (Å²) in [5.41, 5.74) is 4.75. The van der Waals surface area contributed by atoms with Crippen molar-refractivity contribution in [3.05, 3.63) is 91.2 Å². The number of hydrogen-bond acceptors (Lipinski definition) is 4. The molecule has 0 radical (unpaired) electrons. The monoisotopic (exact) mass is 534 g/mol. The van der Waals surface area contributed by atoms with Gasteiger partial charge in [-0.25, -0.2) is 9.78 Å². The zero-order valence-electron chi connectivity index (χ0n) is 20.5. The Balaban J connectivity index is 1.85. The van der Waals surface area contributed by atoms with Crippen molar-refractivity contribution < 1.29 is 9.90 Å². The van der Waals surface area contributed by atoms with Crippen LogP contribution in [0.3, 0.4) is 0 Å². The second kappa shape index (κ2) is 8.92. The minimum Gasteiger partial charge on any atom is -0.478 e. The number of nitrogens with zero attached hydrogens (tertiary/aromatic N) is 4. The fraction of sp³-hybridized carbons (Fsp3) is 0.259. The molecule has 4 aromatic rings. The lowest BCUT2D eigenvalue weighted by atomic mass is 9.95. The number of aryl methyl sites for hydroxylation is 2. The number of benzene rings is 2. The van der Waals surface area contributed by atoms with Crippen molar-refractivity contribution in [2.75, 3.05) is 0 Å². The highest BCUT2D eigenvalue weighted by molar-refractivity contribution is 9.10. The number of hydrogen-bond donors (Lipinski definition) is 1. The van der Waals surface area contributed by atoms with E-state index in [1.165, 1.54) is 4.68 Å². The molecule has 0 spiro atoms. The smallest absolute Gasteiger partial charge is 0.335 e. The first-order chi connectivity index (χ1) is 16.4. The second-order valence-corrected chi connectivity index (χ2v) is 10.6. The maximum absolute atomic E-state index is 13.4. The molecule has 0 aliphatic rings. The van der Waals surface area contributed by atoms with Gasteiger partial charge in [0.1, 0.15) is 5.82 Å². The average molecular weight is 535 g/mol. The van der Waals surface area contributed by atoms with E-state index in [4.69, 9.17) is 4.98 Å². The number of carboxylic acid groups (broad SMARTS) is 1. The molecule has 0 saturated heterocycles. The van der Waals surface area contributed by atoms with Crippen molar-refractivity contribution in [3.8, 4) is 5.69 Å². The van der Waals surface area contributed by atoms with Crippen molar-refractivity contribution >= 4 is 39.0 Å². The number of fused-ring (bicyclic) bond motifs is 1. The normalized spacial score (nSPS) is 12.1. The summed E-state index contributed by atoms with van der Waals surface area (Å²) >= 11 is 3.44. The number of aromatic nitrogens is 3. The molecule has 0 aliphatic carbocycles. The Labute approximate surface area is 211 Å². The Morgan fingerprint density at radius 1 is 1.09 bits per heavy atom. The van der Waals surface area contributed by atoms with Crippen LogP contribution in [0.4, 0.5) is 0 Å². The van der Waals surface area contributed by atoms with Gasteiger partial charge in [0, 0.05) is 32.5 Å². The number of carbonyl (C=O) groups is 1. The van der Waals surface area contributed by atoms with Crippen LogP contribution < -0.4 is 5.56 Å². The minimum absolute atomic E-state index is 0.230. The van der Waals surface area contributed by atoms with E-state index in [1.54, 1.807) is 24.4 Å². The molecule has 0 atom stereocenters. The van der Waals surface area contributed by atoms with Gasteiger partial charge in [0.15, 0.2) is 0 Å². The lowest BCUT2D eigenvalue weighted by Gasteiger charge is -2.20. The van der Waals surface area contributed by atoms with Crippen molar-refractivity contribution in [2.24, 2.45) is 5.10 Å². The summed E-state index contributed by atoms with van der Waals surface area (Å²) in [5, 5.41) is 14.4. The summed E-state index contributed by atoms with van der Waals surface area (Å²) in [7, 11) is 0. The topological polar surface area (TPSA) is 89.5 Å². The van der Waals surface area contributed by atoms with E-state index in [9.17, 15) is 14.7 Å². The summed E-state index contributed by atoms with van der Waals surface area (Å²) in [6.45, 7) is 11.9. The Kier molecular flexibility index (Phi) is 6.27. The lowest BCUT2D eigenvalue weighted by molar-refractivity contribution is 0.0697. The van der Waals surface area contributed by atoms with E-state index in [2.05, 4.69) is 25.6 Å². The minimum atomic E-state index is -0.954. The van der Waals surface area contributed by atoms with Gasteiger partial charge in [0.05, 0.1) is 22.7 Å². The Morgan fingerprint density at radius 3 is 2.43 bits per heavy atom. The molecule has 0 unspecified atom stereocenters. The first-order valence-electron chi connectivity index (χ1n) is 11.2. The lowest BCUT2D eigenvalue weighted by Crippen LogP contribution is -2.29. The van der Waals surface area contributed by atoms with Crippen molar-refractivity contribution in [3.63, 3.8) is 0 Å². The van der Waals surface area contributed by atoms with Crippen LogP contribution in [0.1, 0.15) is 59.5 Å². The average Bonchev–Trinajstić information content (AvgIpc) is 3.05. The van der Waals surface area contributed by atoms with Crippen LogP contribution in [-0.2, 0) is 5.41 Å². The van der Waals surface area contributed by atoms with Gasteiger partial charge in [0.25, 0.3) is 5.56 Å². The predicted molar refractivity (Wildman–Crippen MR) is 142 cm³/mol. The van der Waals surface area contributed by atoms with Crippen LogP contribution >= 0.6 is 15.9 Å². The molecule has 180 valence electrons. The molecule has 0 saturated carbocycles. The summed E-state index contributed by atoms with van der Waals surface area (Å²) in [5.74, 6) is -0.382. The van der Waals surface area contributed by atoms with Gasteiger partial charge in [-0.2, -0.15) is 9.78 Å². The standard InChI is InChI=1S/C27H27BrN4O3/c1-15-11-18(25(34)35)7-10-23(15)31-16(2)12-19(17(31)3)14-29-32-24(33)21-13-20(28)8-9-22(21)30-26(32)27(4,5)6/h7-14H,1-6H3,(H,34,35). The summed E-state index contributed by atoms with van der Waals surface area (Å²) in [6.07, 6.45) is 1.68. The predicted octanol–water partition coefficient (Wildman–Crippen LogP) is 5.75. The molecule has 0 aliphatic heterocycles. The molecule has 0 bridgehead atoms. The Bertz CT molecular complexity index is 1570. The fourth-order valence-corrected chi connectivity index (χ4v) is 4.55. The summed E-state index contributed by atoms with van der Waals surface area (Å²) in [4.78, 5) is 29.5. The van der Waals surface area contributed by atoms with Crippen LogP contribution in [0.25, 0.3) is 16.6 Å². The fourth-order valence-electron chi connectivity index (χ4n) is 4.19.